The molecule has 0 aliphatic heterocycles. The van der Waals surface area contributed by atoms with Gasteiger partial charge in [0.1, 0.15) is 0 Å². The lowest BCUT2D eigenvalue weighted by Gasteiger charge is -2.12. The molecule has 5 N–H and O–H groups in total. The molecule has 3 aromatic carbocycles. The fraction of sp³-hybridized carbons (Fsp3) is 0. The number of carbonyl (C=O) groups excluding carboxylic acids is 3. The van der Waals surface area contributed by atoms with E-state index in [-0.39, 0.29) is 5.91 Å². The number of nitrogens with one attached hydrogen (secondary N) is 3. The van der Waals surface area contributed by atoms with Crippen molar-refractivity contribution >= 4 is 34.9 Å². The number of hydrogen-bond acceptors (Lipinski definition) is 3. The summed E-state index contributed by atoms with van der Waals surface area (Å²) < 4.78 is 0. The molecule has 0 aliphatic rings. The van der Waals surface area contributed by atoms with Crippen LogP contribution >= 0.6 is 0 Å². The molecule has 3 aromatic rings. The molecule has 28 heavy (non-hydrogen) atoms. The molecule has 0 saturated carbocycles. The third kappa shape index (κ3) is 4.73. The standard InChI is InChI=1S/C21H18N4O3/c22-21(28)24-16-10-6-9-15(13-16)23-20(27)17-11-4-5-12-18(17)25-19(26)14-7-2-1-3-8-14/h1-13H,(H,23,27)(H,25,26)(H3,22,24,28). The Morgan fingerprint density at radius 1 is 0.643 bits per heavy atom. The van der Waals surface area contributed by atoms with E-state index in [0.717, 1.165) is 0 Å². The number of benzene rings is 3. The smallest absolute Gasteiger partial charge is 0.316 e. The van der Waals surface area contributed by atoms with Gasteiger partial charge in [-0.3, -0.25) is 9.59 Å². The minimum atomic E-state index is -0.697. The summed E-state index contributed by atoms with van der Waals surface area (Å²) in [5, 5.41) is 7.94. The van der Waals surface area contributed by atoms with Crippen LogP contribution in [0.4, 0.5) is 21.9 Å². The van der Waals surface area contributed by atoms with Gasteiger partial charge in [-0.2, -0.15) is 0 Å². The van der Waals surface area contributed by atoms with Gasteiger partial charge in [0.15, 0.2) is 0 Å². The van der Waals surface area contributed by atoms with Crippen LogP contribution in [0.15, 0.2) is 78.9 Å². The molecule has 0 radical (unpaired) electrons. The van der Waals surface area contributed by atoms with Crippen molar-refractivity contribution in [2.75, 3.05) is 16.0 Å². The van der Waals surface area contributed by atoms with Crippen LogP contribution in [0.1, 0.15) is 20.7 Å². The van der Waals surface area contributed by atoms with Gasteiger partial charge in [-0.25, -0.2) is 4.79 Å². The maximum atomic E-state index is 12.7. The minimum absolute atomic E-state index is 0.306. The van der Waals surface area contributed by atoms with Crippen molar-refractivity contribution in [3.05, 3.63) is 90.0 Å². The molecule has 0 unspecified atom stereocenters. The Balaban J connectivity index is 1.78. The van der Waals surface area contributed by atoms with Crippen molar-refractivity contribution < 1.29 is 14.4 Å². The summed E-state index contributed by atoms with van der Waals surface area (Å²) in [6.45, 7) is 0. The summed E-state index contributed by atoms with van der Waals surface area (Å²) in [6, 6.07) is 21.3. The lowest BCUT2D eigenvalue weighted by molar-refractivity contribution is 0.102. The van der Waals surface area contributed by atoms with Crippen molar-refractivity contribution in [1.82, 2.24) is 0 Å². The predicted octanol–water partition coefficient (Wildman–Crippen LogP) is 3.68. The highest BCUT2D eigenvalue weighted by Crippen LogP contribution is 2.20. The number of hydrogen-bond donors (Lipinski definition) is 4. The maximum Gasteiger partial charge on any atom is 0.316 e. The zero-order valence-electron chi connectivity index (χ0n) is 14.8. The van der Waals surface area contributed by atoms with Crippen molar-refractivity contribution in [3.8, 4) is 0 Å². The number of amides is 4. The molecule has 0 aliphatic carbocycles. The van der Waals surface area contributed by atoms with E-state index < -0.39 is 11.9 Å². The van der Waals surface area contributed by atoms with Crippen molar-refractivity contribution in [1.29, 1.82) is 0 Å². The van der Waals surface area contributed by atoms with Gasteiger partial charge in [0, 0.05) is 16.9 Å². The van der Waals surface area contributed by atoms with E-state index in [2.05, 4.69) is 16.0 Å². The highest BCUT2D eigenvalue weighted by atomic mass is 16.2. The number of primary amides is 1. The summed E-state index contributed by atoms with van der Waals surface area (Å²) in [5.74, 6) is -0.714. The second kappa shape index (κ2) is 8.50. The zero-order valence-corrected chi connectivity index (χ0v) is 14.8. The van der Waals surface area contributed by atoms with Gasteiger partial charge < -0.3 is 21.7 Å². The van der Waals surface area contributed by atoms with Gasteiger partial charge in [-0.15, -0.1) is 0 Å². The summed E-state index contributed by atoms with van der Waals surface area (Å²) in [4.78, 5) is 36.1. The molecule has 0 atom stereocenters. The Morgan fingerprint density at radius 3 is 2.00 bits per heavy atom. The van der Waals surface area contributed by atoms with E-state index in [0.29, 0.717) is 28.2 Å². The Hall–Kier alpha value is -4.13. The second-order valence-electron chi connectivity index (χ2n) is 5.89. The Labute approximate surface area is 161 Å². The van der Waals surface area contributed by atoms with Gasteiger partial charge in [-0.1, -0.05) is 36.4 Å². The first-order chi connectivity index (χ1) is 13.5. The molecule has 7 heteroatoms. The van der Waals surface area contributed by atoms with Gasteiger partial charge in [0.25, 0.3) is 11.8 Å². The Bertz CT molecular complexity index is 1020. The summed E-state index contributed by atoms with van der Waals surface area (Å²) in [7, 11) is 0. The fourth-order valence-electron chi connectivity index (χ4n) is 2.59. The summed E-state index contributed by atoms with van der Waals surface area (Å²) in [6.07, 6.45) is 0. The molecular weight excluding hydrogens is 356 g/mol. The molecule has 3 rings (SSSR count). The number of anilines is 3. The van der Waals surface area contributed by atoms with E-state index in [4.69, 9.17) is 5.73 Å². The largest absolute Gasteiger partial charge is 0.351 e. The molecule has 140 valence electrons. The third-order valence-electron chi connectivity index (χ3n) is 3.84. The van der Waals surface area contributed by atoms with E-state index in [1.807, 2.05) is 6.07 Å². The first-order valence-electron chi connectivity index (χ1n) is 8.46. The lowest BCUT2D eigenvalue weighted by atomic mass is 10.1. The van der Waals surface area contributed by atoms with E-state index in [9.17, 15) is 14.4 Å². The van der Waals surface area contributed by atoms with Gasteiger partial charge >= 0.3 is 6.03 Å². The van der Waals surface area contributed by atoms with E-state index >= 15 is 0 Å². The normalized spacial score (nSPS) is 10.0. The van der Waals surface area contributed by atoms with Crippen LogP contribution < -0.4 is 21.7 Å². The zero-order chi connectivity index (χ0) is 19.9. The molecule has 0 aromatic heterocycles. The van der Waals surface area contributed by atoms with Crippen molar-refractivity contribution in [3.63, 3.8) is 0 Å². The SMILES string of the molecule is NC(=O)Nc1cccc(NC(=O)c2ccccc2NC(=O)c2ccccc2)c1. The first kappa shape index (κ1) is 18.7. The molecule has 0 fully saturated rings. The molecular formula is C21H18N4O3. The summed E-state index contributed by atoms with van der Waals surface area (Å²) >= 11 is 0. The monoisotopic (exact) mass is 374 g/mol. The first-order valence-corrected chi connectivity index (χ1v) is 8.46. The van der Waals surface area contributed by atoms with E-state index in [1.54, 1.807) is 72.8 Å². The maximum absolute atomic E-state index is 12.7. The summed E-state index contributed by atoms with van der Waals surface area (Å²) in [5.41, 5.74) is 7.21. The van der Waals surface area contributed by atoms with Gasteiger partial charge in [-0.05, 0) is 42.5 Å². The van der Waals surface area contributed by atoms with E-state index in [1.165, 1.54) is 0 Å². The molecule has 4 amide bonds. The lowest BCUT2D eigenvalue weighted by Crippen LogP contribution is -2.20. The van der Waals surface area contributed by atoms with Crippen LogP contribution in [0.3, 0.4) is 0 Å². The van der Waals surface area contributed by atoms with Crippen LogP contribution in [-0.2, 0) is 0 Å². The average molecular weight is 374 g/mol. The molecule has 0 bridgehead atoms. The average Bonchev–Trinajstić information content (AvgIpc) is 2.69. The molecule has 0 saturated heterocycles. The molecule has 0 spiro atoms. The van der Waals surface area contributed by atoms with Gasteiger partial charge in [0.2, 0.25) is 0 Å². The molecule has 0 heterocycles. The number of rotatable bonds is 5. The number of urea groups is 1. The fourth-order valence-corrected chi connectivity index (χ4v) is 2.59. The van der Waals surface area contributed by atoms with Crippen LogP contribution in [0.2, 0.25) is 0 Å². The predicted molar refractivity (Wildman–Crippen MR) is 108 cm³/mol. The Morgan fingerprint density at radius 2 is 1.29 bits per heavy atom. The minimum Gasteiger partial charge on any atom is -0.351 e. The van der Waals surface area contributed by atoms with Crippen LogP contribution in [0, 0.1) is 0 Å². The van der Waals surface area contributed by atoms with Crippen LogP contribution in [0.25, 0.3) is 0 Å². The second-order valence-corrected chi connectivity index (χ2v) is 5.89. The Kier molecular flexibility index (Phi) is 5.66. The highest BCUT2D eigenvalue weighted by molar-refractivity contribution is 6.12. The van der Waals surface area contributed by atoms with Crippen molar-refractivity contribution in [2.45, 2.75) is 0 Å². The number of para-hydroxylation sites is 1. The van der Waals surface area contributed by atoms with Crippen LogP contribution in [0.5, 0.6) is 0 Å². The quantitative estimate of drug-likeness (QED) is 0.546. The highest BCUT2D eigenvalue weighted by Gasteiger charge is 2.14. The van der Waals surface area contributed by atoms with Crippen LogP contribution in [-0.4, -0.2) is 17.8 Å². The number of carbonyl (C=O) groups is 3. The molecule has 7 nitrogen and oxygen atoms in total. The number of nitrogens with two attached hydrogens (primary N) is 1. The van der Waals surface area contributed by atoms with Gasteiger partial charge in [0.05, 0.1) is 11.3 Å². The van der Waals surface area contributed by atoms with Crippen molar-refractivity contribution in [2.24, 2.45) is 5.73 Å². The topological polar surface area (TPSA) is 113 Å². The third-order valence-corrected chi connectivity index (χ3v) is 3.84.